The first-order valence-electron chi connectivity index (χ1n) is 8.53. The van der Waals surface area contributed by atoms with E-state index < -0.39 is 0 Å². The molecule has 27 heavy (non-hydrogen) atoms. The van der Waals surface area contributed by atoms with E-state index in [1.54, 1.807) is 30.7 Å². The van der Waals surface area contributed by atoms with Crippen molar-refractivity contribution in [3.05, 3.63) is 54.5 Å². The SMILES string of the molecule is CC(C)Nc1nnc(-c2ccc3[nH]cc(NC(=O)c4ccncc4)c3c2)o1. The van der Waals surface area contributed by atoms with Crippen LogP contribution in [-0.2, 0) is 0 Å². The van der Waals surface area contributed by atoms with Crippen molar-refractivity contribution in [1.29, 1.82) is 0 Å². The fraction of sp³-hybridized carbons (Fsp3) is 0.158. The molecule has 0 atom stereocenters. The first-order valence-corrected chi connectivity index (χ1v) is 8.53. The first kappa shape index (κ1) is 16.8. The van der Waals surface area contributed by atoms with E-state index in [-0.39, 0.29) is 11.9 Å². The molecule has 136 valence electrons. The van der Waals surface area contributed by atoms with Crippen molar-refractivity contribution in [2.24, 2.45) is 0 Å². The summed E-state index contributed by atoms with van der Waals surface area (Å²) in [5, 5.41) is 14.9. The molecule has 4 rings (SSSR count). The molecule has 0 saturated heterocycles. The Morgan fingerprint density at radius 1 is 1.15 bits per heavy atom. The number of amides is 1. The monoisotopic (exact) mass is 362 g/mol. The highest BCUT2D eigenvalue weighted by molar-refractivity contribution is 6.09. The molecule has 0 fully saturated rings. The third-order valence-corrected chi connectivity index (χ3v) is 3.96. The minimum atomic E-state index is -0.204. The Morgan fingerprint density at radius 2 is 1.96 bits per heavy atom. The second-order valence-corrected chi connectivity index (χ2v) is 6.36. The number of hydrogen-bond donors (Lipinski definition) is 3. The molecular weight excluding hydrogens is 344 g/mol. The average molecular weight is 362 g/mol. The van der Waals surface area contributed by atoms with Gasteiger partial charge in [0.25, 0.3) is 5.91 Å². The largest absolute Gasteiger partial charge is 0.403 e. The number of rotatable bonds is 5. The number of aromatic nitrogens is 4. The molecule has 0 radical (unpaired) electrons. The maximum Gasteiger partial charge on any atom is 0.315 e. The van der Waals surface area contributed by atoms with Crippen molar-refractivity contribution in [3.63, 3.8) is 0 Å². The maximum atomic E-state index is 12.4. The lowest BCUT2D eigenvalue weighted by Gasteiger charge is -2.04. The van der Waals surface area contributed by atoms with E-state index in [4.69, 9.17) is 4.42 Å². The summed E-state index contributed by atoms with van der Waals surface area (Å²) in [6.45, 7) is 3.99. The van der Waals surface area contributed by atoms with Crippen molar-refractivity contribution in [1.82, 2.24) is 20.2 Å². The van der Waals surface area contributed by atoms with Crippen LogP contribution in [0, 0.1) is 0 Å². The molecule has 8 heteroatoms. The van der Waals surface area contributed by atoms with E-state index in [1.807, 2.05) is 32.0 Å². The van der Waals surface area contributed by atoms with Crippen LogP contribution in [0.2, 0.25) is 0 Å². The van der Waals surface area contributed by atoms with Gasteiger partial charge in [-0.2, -0.15) is 0 Å². The molecular formula is C19H18N6O2. The molecule has 0 unspecified atom stereocenters. The lowest BCUT2D eigenvalue weighted by atomic mass is 10.1. The third-order valence-electron chi connectivity index (χ3n) is 3.96. The standard InChI is InChI=1S/C19H18N6O2/c1-11(2)22-19-25-24-18(27-19)13-3-4-15-14(9-13)16(10-21-15)23-17(26)12-5-7-20-8-6-12/h3-11,21H,1-2H3,(H,22,25)(H,23,26). The molecule has 4 aromatic rings. The summed E-state index contributed by atoms with van der Waals surface area (Å²) < 4.78 is 5.66. The first-order chi connectivity index (χ1) is 13.1. The van der Waals surface area contributed by atoms with Gasteiger partial charge in [-0.15, -0.1) is 5.10 Å². The van der Waals surface area contributed by atoms with Crippen LogP contribution < -0.4 is 10.6 Å². The minimum absolute atomic E-state index is 0.195. The normalized spacial score (nSPS) is 11.1. The van der Waals surface area contributed by atoms with Crippen molar-refractivity contribution in [2.75, 3.05) is 10.6 Å². The van der Waals surface area contributed by atoms with Gasteiger partial charge in [0.15, 0.2) is 0 Å². The predicted octanol–water partition coefficient (Wildman–Crippen LogP) is 3.69. The molecule has 0 bridgehead atoms. The molecule has 8 nitrogen and oxygen atoms in total. The van der Waals surface area contributed by atoms with Gasteiger partial charge in [-0.25, -0.2) is 0 Å². The van der Waals surface area contributed by atoms with Crippen molar-refractivity contribution >= 4 is 28.5 Å². The van der Waals surface area contributed by atoms with Crippen LogP contribution in [0.5, 0.6) is 0 Å². The number of carbonyl (C=O) groups excluding carboxylic acids is 1. The smallest absolute Gasteiger partial charge is 0.315 e. The lowest BCUT2D eigenvalue weighted by Crippen LogP contribution is -2.11. The minimum Gasteiger partial charge on any atom is -0.403 e. The molecule has 0 aliphatic rings. The zero-order valence-corrected chi connectivity index (χ0v) is 14.9. The number of nitrogens with zero attached hydrogens (tertiary/aromatic N) is 3. The maximum absolute atomic E-state index is 12.4. The lowest BCUT2D eigenvalue weighted by molar-refractivity contribution is 0.102. The number of benzene rings is 1. The summed E-state index contributed by atoms with van der Waals surface area (Å²) in [6.07, 6.45) is 4.92. The summed E-state index contributed by atoms with van der Waals surface area (Å²) in [6, 6.07) is 9.60. The van der Waals surface area contributed by atoms with Gasteiger partial charge < -0.3 is 20.0 Å². The summed E-state index contributed by atoms with van der Waals surface area (Å²) in [7, 11) is 0. The number of nitrogens with one attached hydrogen (secondary N) is 3. The molecule has 3 aromatic heterocycles. The molecule has 0 saturated carbocycles. The van der Waals surface area contributed by atoms with E-state index in [0.29, 0.717) is 23.2 Å². The molecule has 1 aromatic carbocycles. The predicted molar refractivity (Wildman–Crippen MR) is 103 cm³/mol. The second-order valence-electron chi connectivity index (χ2n) is 6.36. The van der Waals surface area contributed by atoms with Gasteiger partial charge in [-0.05, 0) is 44.2 Å². The van der Waals surface area contributed by atoms with Gasteiger partial charge in [0, 0.05) is 46.7 Å². The van der Waals surface area contributed by atoms with E-state index in [2.05, 4.69) is 30.8 Å². The van der Waals surface area contributed by atoms with Gasteiger partial charge in [0.05, 0.1) is 5.69 Å². The van der Waals surface area contributed by atoms with Gasteiger partial charge in [-0.1, -0.05) is 5.10 Å². The number of pyridine rings is 1. The van der Waals surface area contributed by atoms with Crippen molar-refractivity contribution in [2.45, 2.75) is 19.9 Å². The van der Waals surface area contributed by atoms with Gasteiger partial charge in [0.2, 0.25) is 5.89 Å². The van der Waals surface area contributed by atoms with Crippen LogP contribution in [-0.4, -0.2) is 32.1 Å². The Balaban J connectivity index is 1.63. The quantitative estimate of drug-likeness (QED) is 0.500. The van der Waals surface area contributed by atoms with E-state index in [0.717, 1.165) is 16.5 Å². The Kier molecular flexibility index (Phi) is 4.29. The van der Waals surface area contributed by atoms with E-state index in [9.17, 15) is 4.79 Å². The summed E-state index contributed by atoms with van der Waals surface area (Å²) in [5.74, 6) is 0.206. The zero-order chi connectivity index (χ0) is 18.8. The van der Waals surface area contributed by atoms with Crippen LogP contribution in [0.15, 0.2) is 53.3 Å². The van der Waals surface area contributed by atoms with Crippen LogP contribution in [0.25, 0.3) is 22.4 Å². The van der Waals surface area contributed by atoms with Crippen LogP contribution >= 0.6 is 0 Å². The fourth-order valence-electron chi connectivity index (χ4n) is 2.70. The number of fused-ring (bicyclic) bond motifs is 1. The average Bonchev–Trinajstić information content (AvgIpc) is 3.29. The summed E-state index contributed by atoms with van der Waals surface area (Å²) in [4.78, 5) is 19.5. The number of anilines is 2. The highest BCUT2D eigenvalue weighted by Crippen LogP contribution is 2.29. The number of aromatic amines is 1. The van der Waals surface area contributed by atoms with Crippen LogP contribution in [0.3, 0.4) is 0 Å². The van der Waals surface area contributed by atoms with E-state index in [1.165, 1.54) is 0 Å². The molecule has 0 aliphatic heterocycles. The van der Waals surface area contributed by atoms with Crippen LogP contribution in [0.1, 0.15) is 24.2 Å². The zero-order valence-electron chi connectivity index (χ0n) is 14.9. The number of hydrogen-bond acceptors (Lipinski definition) is 6. The second kappa shape index (κ2) is 6.91. The Morgan fingerprint density at radius 3 is 2.74 bits per heavy atom. The topological polar surface area (TPSA) is 109 Å². The Labute approximate surface area is 155 Å². The van der Waals surface area contributed by atoms with Crippen molar-refractivity contribution in [3.8, 4) is 11.5 Å². The Hall–Kier alpha value is -3.68. The molecule has 0 aliphatic carbocycles. The molecule has 3 N–H and O–H groups in total. The van der Waals surface area contributed by atoms with Crippen LogP contribution in [0.4, 0.5) is 11.7 Å². The van der Waals surface area contributed by atoms with Gasteiger partial charge >= 0.3 is 6.01 Å². The highest BCUT2D eigenvalue weighted by atomic mass is 16.4. The number of carbonyl (C=O) groups is 1. The number of H-pyrrole nitrogens is 1. The molecule has 3 heterocycles. The highest BCUT2D eigenvalue weighted by Gasteiger charge is 2.13. The third kappa shape index (κ3) is 3.50. The Bertz CT molecular complexity index is 1080. The van der Waals surface area contributed by atoms with E-state index >= 15 is 0 Å². The summed E-state index contributed by atoms with van der Waals surface area (Å²) in [5.41, 5.74) is 2.88. The molecule has 1 amide bonds. The molecule has 0 spiro atoms. The fourth-order valence-corrected chi connectivity index (χ4v) is 2.70. The van der Waals surface area contributed by atoms with Crippen molar-refractivity contribution < 1.29 is 9.21 Å². The van der Waals surface area contributed by atoms with Gasteiger partial charge in [-0.3, -0.25) is 9.78 Å². The van der Waals surface area contributed by atoms with Gasteiger partial charge in [0.1, 0.15) is 0 Å². The summed E-state index contributed by atoms with van der Waals surface area (Å²) >= 11 is 0.